The van der Waals surface area contributed by atoms with Crippen LogP contribution in [0.3, 0.4) is 0 Å². The van der Waals surface area contributed by atoms with Gasteiger partial charge in [0.05, 0.1) is 16.6 Å². The summed E-state index contributed by atoms with van der Waals surface area (Å²) >= 11 is 2.85. The summed E-state index contributed by atoms with van der Waals surface area (Å²) in [6.07, 6.45) is 0.309. The Balaban J connectivity index is 2.81. The lowest BCUT2D eigenvalue weighted by atomic mass is 10.1. The summed E-state index contributed by atoms with van der Waals surface area (Å²) in [5.41, 5.74) is -4.17. The van der Waals surface area contributed by atoms with Gasteiger partial charge in [0.25, 0.3) is 0 Å². The van der Waals surface area contributed by atoms with Crippen molar-refractivity contribution in [2.45, 2.75) is 22.2 Å². The molecular weight excluding hydrogens is 277 g/mol. The molecule has 2 unspecified atom stereocenters. The van der Waals surface area contributed by atoms with Gasteiger partial charge in [-0.2, -0.15) is 0 Å². The number of hydrogen-bond acceptors (Lipinski definition) is 2. The molecule has 2 nitrogen and oxygen atoms in total. The van der Waals surface area contributed by atoms with Crippen LogP contribution in [0.15, 0.2) is 29.2 Å². The van der Waals surface area contributed by atoms with Crippen LogP contribution in [-0.2, 0) is 11.2 Å². The summed E-state index contributed by atoms with van der Waals surface area (Å²) in [5, 5.41) is 8.20. The molecule has 17 heavy (non-hydrogen) atoms. The van der Waals surface area contributed by atoms with Crippen LogP contribution in [0.1, 0.15) is 17.4 Å². The summed E-state index contributed by atoms with van der Waals surface area (Å²) in [5.74, 6) is 0. The third-order valence-electron chi connectivity index (χ3n) is 2.05. The predicted octanol–water partition coefficient (Wildman–Crippen LogP) is 2.98. The van der Waals surface area contributed by atoms with Crippen molar-refractivity contribution in [1.29, 1.82) is 0 Å². The molecule has 0 aliphatic heterocycles. The number of rotatable bonds is 4. The molecule has 96 valence electrons. The molecule has 1 aromatic rings. The lowest BCUT2D eigenvalue weighted by molar-refractivity contribution is -0.0435. The molecule has 1 N–H and O–H groups in total. The van der Waals surface area contributed by atoms with Gasteiger partial charge < -0.3 is 9.66 Å². The van der Waals surface area contributed by atoms with Crippen LogP contribution in [0.4, 0.5) is 13.2 Å². The molecule has 0 spiro atoms. The highest BCUT2D eigenvalue weighted by molar-refractivity contribution is 7.92. The zero-order chi connectivity index (χ0) is 13.1. The molecule has 0 bridgehead atoms. The molecule has 2 atom stereocenters. The van der Waals surface area contributed by atoms with Crippen molar-refractivity contribution >= 4 is 22.8 Å². The van der Waals surface area contributed by atoms with E-state index in [0.717, 1.165) is 12.1 Å². The van der Waals surface area contributed by atoms with Gasteiger partial charge in [-0.3, -0.25) is 0 Å². The van der Waals surface area contributed by atoms with E-state index in [4.69, 9.17) is 16.7 Å². The lowest BCUT2D eigenvalue weighted by Crippen LogP contribution is -2.23. The summed E-state index contributed by atoms with van der Waals surface area (Å²) in [6.45, 7) is -0.107. The Bertz CT molecular complexity index is 356. The highest BCUT2D eigenvalue weighted by Crippen LogP contribution is 2.31. The first-order valence-corrected chi connectivity index (χ1v) is 6.28. The number of aliphatic hydroxyl groups is 1. The summed E-state index contributed by atoms with van der Waals surface area (Å²) < 4.78 is 47.5. The summed E-state index contributed by atoms with van der Waals surface area (Å²) in [7, 11) is 0. The Morgan fingerprint density at radius 1 is 1.29 bits per heavy atom. The molecule has 0 saturated carbocycles. The largest absolute Gasteiger partial charge is 0.604 e. The molecule has 0 aliphatic rings. The average Bonchev–Trinajstić information content (AvgIpc) is 2.27. The number of alkyl halides is 4. The number of benzene rings is 1. The van der Waals surface area contributed by atoms with E-state index in [2.05, 4.69) is 0 Å². The SMILES string of the molecule is [O-][S+](c1ccc(C(Cl)CCO)cc1)C(F)(F)F. The molecule has 0 radical (unpaired) electrons. The molecule has 0 heterocycles. The molecular formula is C10H10ClF3O2S. The van der Waals surface area contributed by atoms with E-state index in [0.29, 0.717) is 12.0 Å². The van der Waals surface area contributed by atoms with Gasteiger partial charge in [-0.1, -0.05) is 12.1 Å². The number of halogens is 4. The average molecular weight is 287 g/mol. The van der Waals surface area contributed by atoms with Gasteiger partial charge in [-0.15, -0.1) is 24.8 Å². The second-order valence-corrected chi connectivity index (χ2v) is 5.26. The van der Waals surface area contributed by atoms with Crippen molar-refractivity contribution in [2.24, 2.45) is 0 Å². The zero-order valence-electron chi connectivity index (χ0n) is 8.58. The highest BCUT2D eigenvalue weighted by Gasteiger charge is 2.45. The zero-order valence-corrected chi connectivity index (χ0v) is 10.1. The van der Waals surface area contributed by atoms with E-state index >= 15 is 0 Å². The van der Waals surface area contributed by atoms with E-state index in [1.165, 1.54) is 12.1 Å². The van der Waals surface area contributed by atoms with Crippen molar-refractivity contribution < 1.29 is 22.8 Å². The predicted molar refractivity (Wildman–Crippen MR) is 59.2 cm³/mol. The molecule has 1 rings (SSSR count). The van der Waals surface area contributed by atoms with Gasteiger partial charge in [-0.05, 0) is 24.1 Å². The van der Waals surface area contributed by atoms with E-state index in [9.17, 15) is 17.7 Å². The van der Waals surface area contributed by atoms with E-state index in [-0.39, 0.29) is 11.5 Å². The minimum atomic E-state index is -4.76. The van der Waals surface area contributed by atoms with E-state index in [1.54, 1.807) is 0 Å². The normalized spacial score (nSPS) is 15.6. The van der Waals surface area contributed by atoms with Crippen molar-refractivity contribution in [1.82, 2.24) is 0 Å². The van der Waals surface area contributed by atoms with Crippen LogP contribution >= 0.6 is 11.6 Å². The fourth-order valence-electron chi connectivity index (χ4n) is 1.21. The monoisotopic (exact) mass is 286 g/mol. The fourth-order valence-corrected chi connectivity index (χ4v) is 2.11. The van der Waals surface area contributed by atoms with Gasteiger partial charge >= 0.3 is 5.51 Å². The Hall–Kier alpha value is -0.430. The lowest BCUT2D eigenvalue weighted by Gasteiger charge is -2.13. The van der Waals surface area contributed by atoms with Crippen molar-refractivity contribution in [3.05, 3.63) is 29.8 Å². The second-order valence-electron chi connectivity index (χ2n) is 3.26. The number of aliphatic hydroxyl groups excluding tert-OH is 1. The van der Waals surface area contributed by atoms with Crippen LogP contribution in [0.25, 0.3) is 0 Å². The fraction of sp³-hybridized carbons (Fsp3) is 0.400. The third-order valence-corrected chi connectivity index (χ3v) is 3.64. The topological polar surface area (TPSA) is 43.3 Å². The minimum Gasteiger partial charge on any atom is -0.604 e. The standard InChI is InChI=1S/C10H10ClF3O2S/c11-9(5-6-15)7-1-3-8(4-2-7)17(16)10(12,13)14/h1-4,9,15H,5-6H2. The molecule has 1 aromatic carbocycles. The second kappa shape index (κ2) is 5.95. The van der Waals surface area contributed by atoms with Gasteiger partial charge in [0.1, 0.15) is 0 Å². The summed E-state index contributed by atoms with van der Waals surface area (Å²) in [6, 6.07) is 5.02. The first-order chi connectivity index (χ1) is 7.86. The third kappa shape index (κ3) is 4.06. The highest BCUT2D eigenvalue weighted by atomic mass is 35.5. The maximum Gasteiger partial charge on any atom is 0.578 e. The molecule has 0 aromatic heterocycles. The maximum absolute atomic E-state index is 12.2. The van der Waals surface area contributed by atoms with Crippen LogP contribution in [0.2, 0.25) is 0 Å². The molecule has 0 saturated heterocycles. The van der Waals surface area contributed by atoms with Crippen LogP contribution in [0, 0.1) is 0 Å². The van der Waals surface area contributed by atoms with Gasteiger partial charge in [0, 0.05) is 6.61 Å². The van der Waals surface area contributed by atoms with Crippen LogP contribution < -0.4 is 0 Å². The Kier molecular flexibility index (Phi) is 5.12. The van der Waals surface area contributed by atoms with Crippen molar-refractivity contribution in [2.75, 3.05) is 6.61 Å². The Morgan fingerprint density at radius 3 is 2.24 bits per heavy atom. The van der Waals surface area contributed by atoms with Crippen molar-refractivity contribution in [3.8, 4) is 0 Å². The van der Waals surface area contributed by atoms with Crippen molar-refractivity contribution in [3.63, 3.8) is 0 Å². The Labute approximate surface area is 105 Å². The van der Waals surface area contributed by atoms with Gasteiger partial charge in [-0.25, -0.2) is 0 Å². The quantitative estimate of drug-likeness (QED) is 0.683. The van der Waals surface area contributed by atoms with Gasteiger partial charge in [0.15, 0.2) is 4.90 Å². The maximum atomic E-state index is 12.2. The first-order valence-electron chi connectivity index (χ1n) is 4.69. The molecule has 0 aliphatic carbocycles. The molecule has 0 fully saturated rings. The first kappa shape index (κ1) is 14.6. The molecule has 0 amide bonds. The van der Waals surface area contributed by atoms with Crippen LogP contribution in [0.5, 0.6) is 0 Å². The van der Waals surface area contributed by atoms with E-state index in [1.807, 2.05) is 0 Å². The number of hydrogen-bond donors (Lipinski definition) is 1. The smallest absolute Gasteiger partial charge is 0.578 e. The minimum absolute atomic E-state index is 0.107. The molecule has 7 heteroatoms. The van der Waals surface area contributed by atoms with Gasteiger partial charge in [0.2, 0.25) is 0 Å². The Morgan fingerprint density at radius 2 is 1.82 bits per heavy atom. The van der Waals surface area contributed by atoms with Crippen LogP contribution in [-0.4, -0.2) is 21.8 Å². The van der Waals surface area contributed by atoms with E-state index < -0.39 is 22.1 Å². The summed E-state index contributed by atoms with van der Waals surface area (Å²) in [4.78, 5) is -0.311.